The van der Waals surface area contributed by atoms with E-state index in [1.807, 2.05) is 4.68 Å². The molecule has 2 aromatic heterocycles. The maximum Gasteiger partial charge on any atom is 0.162 e. The summed E-state index contributed by atoms with van der Waals surface area (Å²) in [7, 11) is 0. The van der Waals surface area contributed by atoms with E-state index in [4.69, 9.17) is 0 Å². The molecule has 0 bridgehead atoms. The molecule has 0 atom stereocenters. The number of hydrogen-bond donors (Lipinski definition) is 0. The predicted molar refractivity (Wildman–Crippen MR) is 58.0 cm³/mol. The average Bonchev–Trinajstić information content (AvgIpc) is 2.44. The van der Waals surface area contributed by atoms with Crippen LogP contribution in [0.3, 0.4) is 0 Å². The third-order valence-electron chi connectivity index (χ3n) is 1.94. The Morgan fingerprint density at radius 2 is 2.07 bits per heavy atom. The molecule has 0 radical (unpaired) electrons. The summed E-state index contributed by atoms with van der Waals surface area (Å²) in [6, 6.07) is 0. The minimum Gasteiger partial charge on any atom is -0.244 e. The lowest BCUT2D eigenvalue weighted by atomic mass is 10.1. The molecule has 0 spiro atoms. The van der Waals surface area contributed by atoms with Crippen LogP contribution in [0.15, 0.2) is 17.1 Å². The Kier molecular flexibility index (Phi) is 2.06. The molecule has 0 amide bonds. The fraction of sp³-hybridized carbons (Fsp3) is 0.444. The fourth-order valence-corrected chi connectivity index (χ4v) is 1.73. The molecule has 0 N–H and O–H groups in total. The minimum atomic E-state index is -0.0708. The minimum absolute atomic E-state index is 0.0708. The van der Waals surface area contributed by atoms with Gasteiger partial charge >= 0.3 is 0 Å². The van der Waals surface area contributed by atoms with Crippen molar-refractivity contribution in [2.45, 2.75) is 26.3 Å². The summed E-state index contributed by atoms with van der Waals surface area (Å²) in [6.07, 6.45) is 3.31. The maximum absolute atomic E-state index is 4.39. The van der Waals surface area contributed by atoms with Crippen LogP contribution in [-0.4, -0.2) is 19.7 Å². The second-order valence-corrected chi connectivity index (χ2v) is 4.88. The molecule has 0 unspecified atom stereocenters. The first kappa shape index (κ1) is 9.58. The van der Waals surface area contributed by atoms with Gasteiger partial charge in [0.05, 0.1) is 10.9 Å². The number of fused-ring (bicyclic) bond motifs is 1. The molecular formula is C9H11BrN4. The Hall–Kier alpha value is -0.970. The number of nitrogens with zero attached hydrogens (tertiary/aromatic N) is 4. The van der Waals surface area contributed by atoms with E-state index < -0.39 is 0 Å². The van der Waals surface area contributed by atoms with Gasteiger partial charge in [0.1, 0.15) is 10.9 Å². The normalized spacial score (nSPS) is 12.3. The van der Waals surface area contributed by atoms with Crippen LogP contribution in [0.1, 0.15) is 20.8 Å². The van der Waals surface area contributed by atoms with Gasteiger partial charge in [-0.25, -0.2) is 14.6 Å². The standard InChI is InChI=1S/C9H11BrN4/c1-9(2,3)14-8-6(7(10)13-14)4-11-5-12-8/h4-5H,1-3H3. The zero-order valence-corrected chi connectivity index (χ0v) is 9.91. The summed E-state index contributed by atoms with van der Waals surface area (Å²) in [5.41, 5.74) is 0.790. The summed E-state index contributed by atoms with van der Waals surface area (Å²) in [4.78, 5) is 8.20. The van der Waals surface area contributed by atoms with Gasteiger partial charge in [-0.2, -0.15) is 5.10 Å². The van der Waals surface area contributed by atoms with Crippen LogP contribution in [-0.2, 0) is 5.54 Å². The Balaban J connectivity index is 2.80. The highest BCUT2D eigenvalue weighted by Gasteiger charge is 2.19. The van der Waals surface area contributed by atoms with E-state index in [1.54, 1.807) is 12.5 Å². The molecule has 4 nitrogen and oxygen atoms in total. The van der Waals surface area contributed by atoms with Crippen molar-refractivity contribution in [1.29, 1.82) is 0 Å². The summed E-state index contributed by atoms with van der Waals surface area (Å²) in [5.74, 6) is 0. The zero-order valence-electron chi connectivity index (χ0n) is 8.32. The van der Waals surface area contributed by atoms with Crippen molar-refractivity contribution in [2.75, 3.05) is 0 Å². The smallest absolute Gasteiger partial charge is 0.162 e. The lowest BCUT2D eigenvalue weighted by Crippen LogP contribution is -2.23. The Bertz CT molecular complexity index is 469. The van der Waals surface area contributed by atoms with Crippen molar-refractivity contribution < 1.29 is 0 Å². The third kappa shape index (κ3) is 1.41. The summed E-state index contributed by atoms with van der Waals surface area (Å²) in [6.45, 7) is 6.27. The van der Waals surface area contributed by atoms with E-state index in [0.29, 0.717) is 0 Å². The van der Waals surface area contributed by atoms with Crippen molar-refractivity contribution in [3.63, 3.8) is 0 Å². The number of hydrogen-bond acceptors (Lipinski definition) is 3. The second kappa shape index (κ2) is 3.02. The first-order valence-corrected chi connectivity index (χ1v) is 5.14. The summed E-state index contributed by atoms with van der Waals surface area (Å²) >= 11 is 3.40. The molecule has 0 aromatic carbocycles. The highest BCUT2D eigenvalue weighted by Crippen LogP contribution is 2.25. The van der Waals surface area contributed by atoms with Crippen LogP contribution >= 0.6 is 15.9 Å². The molecule has 2 rings (SSSR count). The first-order chi connectivity index (χ1) is 6.50. The van der Waals surface area contributed by atoms with Crippen LogP contribution in [0.25, 0.3) is 11.0 Å². The Labute approximate surface area is 90.5 Å². The van der Waals surface area contributed by atoms with Crippen molar-refractivity contribution in [3.05, 3.63) is 17.1 Å². The second-order valence-electron chi connectivity index (χ2n) is 4.13. The lowest BCUT2D eigenvalue weighted by molar-refractivity contribution is 0.364. The van der Waals surface area contributed by atoms with Gasteiger partial charge < -0.3 is 0 Å². The van der Waals surface area contributed by atoms with Crippen LogP contribution in [0.5, 0.6) is 0 Å². The average molecular weight is 255 g/mol. The van der Waals surface area contributed by atoms with Crippen LogP contribution in [0, 0.1) is 0 Å². The molecule has 0 aliphatic heterocycles. The van der Waals surface area contributed by atoms with Gasteiger partial charge in [-0.15, -0.1) is 0 Å². The number of rotatable bonds is 0. The van der Waals surface area contributed by atoms with Gasteiger partial charge in [0.15, 0.2) is 5.65 Å². The molecule has 0 saturated carbocycles. The van der Waals surface area contributed by atoms with Crippen LogP contribution in [0.2, 0.25) is 0 Å². The Morgan fingerprint density at radius 1 is 1.36 bits per heavy atom. The molecule has 74 valence electrons. The molecular weight excluding hydrogens is 244 g/mol. The van der Waals surface area contributed by atoms with Crippen molar-refractivity contribution >= 4 is 27.0 Å². The quantitative estimate of drug-likeness (QED) is 0.725. The highest BCUT2D eigenvalue weighted by atomic mass is 79.9. The van der Waals surface area contributed by atoms with Gasteiger partial charge in [0.25, 0.3) is 0 Å². The van der Waals surface area contributed by atoms with Gasteiger partial charge in [0, 0.05) is 6.20 Å². The van der Waals surface area contributed by atoms with E-state index in [0.717, 1.165) is 15.6 Å². The van der Waals surface area contributed by atoms with Crippen molar-refractivity contribution in [2.24, 2.45) is 0 Å². The topological polar surface area (TPSA) is 43.6 Å². The van der Waals surface area contributed by atoms with Crippen molar-refractivity contribution in [1.82, 2.24) is 19.7 Å². The van der Waals surface area contributed by atoms with Crippen LogP contribution in [0.4, 0.5) is 0 Å². The highest BCUT2D eigenvalue weighted by molar-refractivity contribution is 9.10. The number of aromatic nitrogens is 4. The van der Waals surface area contributed by atoms with E-state index in [-0.39, 0.29) is 5.54 Å². The fourth-order valence-electron chi connectivity index (χ4n) is 1.29. The van der Waals surface area contributed by atoms with Gasteiger partial charge in [0.2, 0.25) is 0 Å². The van der Waals surface area contributed by atoms with E-state index in [2.05, 4.69) is 51.8 Å². The van der Waals surface area contributed by atoms with Gasteiger partial charge in [-0.1, -0.05) is 0 Å². The number of halogens is 1. The first-order valence-electron chi connectivity index (χ1n) is 4.35. The van der Waals surface area contributed by atoms with Gasteiger partial charge in [-0.3, -0.25) is 0 Å². The molecule has 14 heavy (non-hydrogen) atoms. The SMILES string of the molecule is CC(C)(C)n1nc(Br)c2cncnc21. The zero-order chi connectivity index (χ0) is 10.3. The Morgan fingerprint density at radius 3 is 2.71 bits per heavy atom. The van der Waals surface area contributed by atoms with Crippen molar-refractivity contribution in [3.8, 4) is 0 Å². The lowest BCUT2D eigenvalue weighted by Gasteiger charge is -2.19. The molecule has 0 aliphatic rings. The van der Waals surface area contributed by atoms with E-state index >= 15 is 0 Å². The van der Waals surface area contributed by atoms with E-state index in [9.17, 15) is 0 Å². The molecule has 0 aliphatic carbocycles. The predicted octanol–water partition coefficient (Wildman–Crippen LogP) is 2.34. The molecule has 2 aromatic rings. The maximum atomic E-state index is 4.39. The van der Waals surface area contributed by atoms with Crippen LogP contribution < -0.4 is 0 Å². The molecule has 5 heteroatoms. The monoisotopic (exact) mass is 254 g/mol. The molecule has 0 saturated heterocycles. The largest absolute Gasteiger partial charge is 0.244 e. The summed E-state index contributed by atoms with van der Waals surface area (Å²) in [5, 5.41) is 5.34. The third-order valence-corrected chi connectivity index (χ3v) is 2.52. The van der Waals surface area contributed by atoms with Gasteiger partial charge in [-0.05, 0) is 36.7 Å². The molecule has 0 fully saturated rings. The van der Waals surface area contributed by atoms with E-state index in [1.165, 1.54) is 0 Å². The molecule has 2 heterocycles. The summed E-state index contributed by atoms with van der Waals surface area (Å²) < 4.78 is 2.69.